The highest BCUT2D eigenvalue weighted by molar-refractivity contribution is 7.92. The molecule has 2 aromatic carbocycles. The van der Waals surface area contributed by atoms with Gasteiger partial charge in [-0.25, -0.2) is 8.42 Å². The summed E-state index contributed by atoms with van der Waals surface area (Å²) in [5.74, 6) is -0.154. The standard InChI is InChI=1S/C24H33N3O5S/c1-6-13-25-24(29)19(3)26(16-20-10-8-12-22(15-20)32-4)23(28)17-27(33(5,30)31)21-11-7-9-18(2)14-21/h7-12,14-15,19H,6,13,16-17H2,1-5H3,(H,25,29)/t19-/m1/s1. The molecule has 9 heteroatoms. The zero-order chi connectivity index (χ0) is 24.6. The summed E-state index contributed by atoms with van der Waals surface area (Å²) in [5.41, 5.74) is 2.03. The van der Waals surface area contributed by atoms with E-state index in [1.807, 2.05) is 26.0 Å². The lowest BCUT2D eigenvalue weighted by Gasteiger charge is -2.31. The number of hydrogen-bond donors (Lipinski definition) is 1. The van der Waals surface area contributed by atoms with E-state index in [0.717, 1.165) is 28.1 Å². The molecule has 0 aromatic heterocycles. The highest BCUT2D eigenvalue weighted by Crippen LogP contribution is 2.21. The van der Waals surface area contributed by atoms with Crippen molar-refractivity contribution in [3.05, 3.63) is 59.7 Å². The Morgan fingerprint density at radius 3 is 2.42 bits per heavy atom. The quantitative estimate of drug-likeness (QED) is 0.539. The summed E-state index contributed by atoms with van der Waals surface area (Å²) in [6.45, 7) is 5.63. The van der Waals surface area contributed by atoms with E-state index in [2.05, 4.69) is 5.32 Å². The Bertz CT molecular complexity index is 1070. The summed E-state index contributed by atoms with van der Waals surface area (Å²) >= 11 is 0. The number of benzene rings is 2. The zero-order valence-electron chi connectivity index (χ0n) is 19.9. The van der Waals surface area contributed by atoms with Gasteiger partial charge in [0.15, 0.2) is 0 Å². The molecular weight excluding hydrogens is 442 g/mol. The third-order valence-corrected chi connectivity index (χ3v) is 6.31. The van der Waals surface area contributed by atoms with E-state index in [1.165, 1.54) is 4.90 Å². The normalized spacial score (nSPS) is 12.0. The summed E-state index contributed by atoms with van der Waals surface area (Å²) in [6, 6.07) is 13.3. The van der Waals surface area contributed by atoms with Crippen LogP contribution < -0.4 is 14.4 Å². The number of amides is 2. The second-order valence-corrected chi connectivity index (χ2v) is 9.86. The number of hydrogen-bond acceptors (Lipinski definition) is 5. The van der Waals surface area contributed by atoms with E-state index in [4.69, 9.17) is 4.74 Å². The van der Waals surface area contributed by atoms with Crippen LogP contribution in [0.4, 0.5) is 5.69 Å². The molecule has 0 aliphatic heterocycles. The van der Waals surface area contributed by atoms with Gasteiger partial charge in [-0.2, -0.15) is 0 Å². The Morgan fingerprint density at radius 2 is 1.82 bits per heavy atom. The molecule has 8 nitrogen and oxygen atoms in total. The summed E-state index contributed by atoms with van der Waals surface area (Å²) in [5, 5.41) is 2.81. The van der Waals surface area contributed by atoms with E-state index in [9.17, 15) is 18.0 Å². The molecule has 0 unspecified atom stereocenters. The van der Waals surface area contributed by atoms with Crippen LogP contribution in [-0.4, -0.2) is 57.6 Å². The molecule has 0 saturated heterocycles. The minimum absolute atomic E-state index is 0.127. The third-order valence-electron chi connectivity index (χ3n) is 5.17. The molecule has 0 bridgehead atoms. The Balaban J connectivity index is 2.38. The van der Waals surface area contributed by atoms with Crippen LogP contribution in [-0.2, 0) is 26.2 Å². The molecule has 2 aromatic rings. The van der Waals surface area contributed by atoms with Crippen LogP contribution in [0.5, 0.6) is 5.75 Å². The number of carbonyl (C=O) groups excluding carboxylic acids is 2. The van der Waals surface area contributed by atoms with Gasteiger partial charge >= 0.3 is 0 Å². The van der Waals surface area contributed by atoms with Crippen LogP contribution in [0, 0.1) is 6.92 Å². The number of aryl methyl sites for hydroxylation is 1. The number of rotatable bonds is 11. The molecule has 0 radical (unpaired) electrons. The number of methoxy groups -OCH3 is 1. The number of ether oxygens (including phenoxy) is 1. The van der Waals surface area contributed by atoms with Crippen LogP contribution in [0.15, 0.2) is 48.5 Å². The van der Waals surface area contributed by atoms with Crippen LogP contribution in [0.2, 0.25) is 0 Å². The molecule has 0 aliphatic carbocycles. The summed E-state index contributed by atoms with van der Waals surface area (Å²) in [7, 11) is -2.19. The van der Waals surface area contributed by atoms with Gasteiger partial charge in [-0.1, -0.05) is 31.2 Å². The second-order valence-electron chi connectivity index (χ2n) is 7.95. The van der Waals surface area contributed by atoms with E-state index < -0.39 is 28.5 Å². The zero-order valence-corrected chi connectivity index (χ0v) is 20.7. The maximum atomic E-state index is 13.4. The third kappa shape index (κ3) is 7.49. The van der Waals surface area contributed by atoms with Gasteiger partial charge in [0.25, 0.3) is 0 Å². The summed E-state index contributed by atoms with van der Waals surface area (Å²) in [6.07, 6.45) is 1.82. The molecule has 2 rings (SSSR count). The lowest BCUT2D eigenvalue weighted by Crippen LogP contribution is -2.51. The molecule has 1 atom stereocenters. The van der Waals surface area contributed by atoms with Gasteiger partial charge in [0.05, 0.1) is 19.1 Å². The number of nitrogens with zero attached hydrogens (tertiary/aromatic N) is 2. The molecule has 1 N–H and O–H groups in total. The van der Waals surface area contributed by atoms with Gasteiger partial charge in [0.1, 0.15) is 18.3 Å². The summed E-state index contributed by atoms with van der Waals surface area (Å²) in [4.78, 5) is 27.5. The molecule has 0 aliphatic rings. The Morgan fingerprint density at radius 1 is 1.12 bits per heavy atom. The maximum Gasteiger partial charge on any atom is 0.244 e. The molecule has 0 saturated carbocycles. The Hall–Kier alpha value is -3.07. The van der Waals surface area contributed by atoms with Gasteiger partial charge in [0.2, 0.25) is 21.8 Å². The highest BCUT2D eigenvalue weighted by atomic mass is 32.2. The number of nitrogens with one attached hydrogen (secondary N) is 1. The molecule has 0 fully saturated rings. The van der Waals surface area contributed by atoms with Gasteiger partial charge in [-0.05, 0) is 55.7 Å². The average Bonchev–Trinajstić information content (AvgIpc) is 2.78. The van der Waals surface area contributed by atoms with Crippen molar-refractivity contribution in [1.82, 2.24) is 10.2 Å². The first-order valence-electron chi connectivity index (χ1n) is 10.8. The van der Waals surface area contributed by atoms with Crippen LogP contribution >= 0.6 is 0 Å². The van der Waals surface area contributed by atoms with Crippen molar-refractivity contribution >= 4 is 27.5 Å². The monoisotopic (exact) mass is 475 g/mol. The first-order valence-corrected chi connectivity index (χ1v) is 12.7. The van der Waals surface area contributed by atoms with Crippen molar-refractivity contribution in [2.75, 3.05) is 30.8 Å². The van der Waals surface area contributed by atoms with Crippen molar-refractivity contribution in [2.24, 2.45) is 0 Å². The van der Waals surface area contributed by atoms with Gasteiger partial charge in [-0.3, -0.25) is 13.9 Å². The van der Waals surface area contributed by atoms with E-state index >= 15 is 0 Å². The largest absolute Gasteiger partial charge is 0.497 e. The lowest BCUT2D eigenvalue weighted by molar-refractivity contribution is -0.139. The van der Waals surface area contributed by atoms with Gasteiger partial charge < -0.3 is 15.0 Å². The van der Waals surface area contributed by atoms with Gasteiger partial charge in [0, 0.05) is 13.1 Å². The van der Waals surface area contributed by atoms with Crippen LogP contribution in [0.1, 0.15) is 31.4 Å². The SMILES string of the molecule is CCCNC(=O)[C@@H](C)N(Cc1cccc(OC)c1)C(=O)CN(c1cccc(C)c1)S(C)(=O)=O. The number of carbonyl (C=O) groups is 2. The number of sulfonamides is 1. The topological polar surface area (TPSA) is 96.0 Å². The molecule has 0 spiro atoms. The fourth-order valence-corrected chi connectivity index (χ4v) is 4.18. The van der Waals surface area contributed by atoms with E-state index in [-0.39, 0.29) is 12.5 Å². The second kappa shape index (κ2) is 11.7. The predicted molar refractivity (Wildman–Crippen MR) is 130 cm³/mol. The van der Waals surface area contributed by atoms with Crippen molar-refractivity contribution in [1.29, 1.82) is 0 Å². The van der Waals surface area contributed by atoms with Crippen molar-refractivity contribution in [3.63, 3.8) is 0 Å². The van der Waals surface area contributed by atoms with E-state index in [1.54, 1.807) is 50.4 Å². The molecule has 2 amide bonds. The number of anilines is 1. The molecule has 0 heterocycles. The van der Waals surface area contributed by atoms with Gasteiger partial charge in [-0.15, -0.1) is 0 Å². The van der Waals surface area contributed by atoms with Crippen LogP contribution in [0.3, 0.4) is 0 Å². The molecule has 180 valence electrons. The fraction of sp³-hybridized carbons (Fsp3) is 0.417. The Labute approximate surface area is 196 Å². The lowest BCUT2D eigenvalue weighted by atomic mass is 10.1. The Kier molecular flexibility index (Phi) is 9.28. The van der Waals surface area contributed by atoms with E-state index in [0.29, 0.717) is 18.0 Å². The van der Waals surface area contributed by atoms with Crippen molar-refractivity contribution in [3.8, 4) is 5.75 Å². The van der Waals surface area contributed by atoms with Crippen molar-refractivity contribution in [2.45, 2.75) is 39.8 Å². The minimum Gasteiger partial charge on any atom is -0.497 e. The summed E-state index contributed by atoms with van der Waals surface area (Å²) < 4.78 is 31.4. The molecular formula is C24H33N3O5S. The average molecular weight is 476 g/mol. The van der Waals surface area contributed by atoms with Crippen molar-refractivity contribution < 1.29 is 22.7 Å². The van der Waals surface area contributed by atoms with Crippen LogP contribution in [0.25, 0.3) is 0 Å². The smallest absolute Gasteiger partial charge is 0.244 e. The highest BCUT2D eigenvalue weighted by Gasteiger charge is 2.30. The predicted octanol–water partition coefficient (Wildman–Crippen LogP) is 2.71. The fourth-order valence-electron chi connectivity index (χ4n) is 3.34. The first-order chi connectivity index (χ1) is 15.6. The minimum atomic E-state index is -3.74. The first kappa shape index (κ1) is 26.2. The maximum absolute atomic E-state index is 13.4. The molecule has 33 heavy (non-hydrogen) atoms.